The fourth-order valence-corrected chi connectivity index (χ4v) is 2.25. The number of halogens is 2. The predicted octanol–water partition coefficient (Wildman–Crippen LogP) is 2.13. The van der Waals surface area contributed by atoms with Crippen LogP contribution in [-0.2, 0) is 0 Å². The van der Waals surface area contributed by atoms with E-state index in [1.54, 1.807) is 6.07 Å². The van der Waals surface area contributed by atoms with Gasteiger partial charge in [0.05, 0.1) is 24.7 Å². The van der Waals surface area contributed by atoms with Crippen molar-refractivity contribution < 1.29 is 18.3 Å². The summed E-state index contributed by atoms with van der Waals surface area (Å²) < 4.78 is 32.7. The second kappa shape index (κ2) is 6.01. The monoisotopic (exact) mass is 315 g/mol. The molecule has 2 heterocycles. The Hall–Kier alpha value is -3.01. The van der Waals surface area contributed by atoms with Crippen molar-refractivity contribution in [2.75, 3.05) is 13.1 Å². The van der Waals surface area contributed by atoms with Crippen LogP contribution in [0.3, 0.4) is 0 Å². The minimum Gasteiger partial charge on any atom is -0.471 e. The van der Waals surface area contributed by atoms with E-state index in [1.165, 1.54) is 23.2 Å². The molecule has 0 spiro atoms. The van der Waals surface area contributed by atoms with Gasteiger partial charge in [0.2, 0.25) is 5.88 Å². The van der Waals surface area contributed by atoms with E-state index in [9.17, 15) is 13.6 Å². The summed E-state index contributed by atoms with van der Waals surface area (Å²) in [7, 11) is 0. The lowest BCUT2D eigenvalue weighted by Gasteiger charge is -2.38. The molecule has 1 amide bonds. The number of rotatable bonds is 3. The minimum atomic E-state index is -0.886. The summed E-state index contributed by atoms with van der Waals surface area (Å²) in [4.78, 5) is 17.4. The van der Waals surface area contributed by atoms with E-state index in [2.05, 4.69) is 4.98 Å². The first-order valence-corrected chi connectivity index (χ1v) is 6.84. The van der Waals surface area contributed by atoms with Gasteiger partial charge in [0.1, 0.15) is 23.3 Å². The number of ether oxygens (including phenoxy) is 1. The summed E-state index contributed by atoms with van der Waals surface area (Å²) in [5.41, 5.74) is -0.147. The molecule has 116 valence electrons. The van der Waals surface area contributed by atoms with Crippen molar-refractivity contribution in [3.63, 3.8) is 0 Å². The fourth-order valence-electron chi connectivity index (χ4n) is 2.25. The Bertz CT molecular complexity index is 778. The Morgan fingerprint density at radius 3 is 2.65 bits per heavy atom. The smallest absolute Gasteiger partial charge is 0.260 e. The lowest BCUT2D eigenvalue weighted by molar-refractivity contribution is 0.0153. The molecule has 1 aromatic carbocycles. The predicted molar refractivity (Wildman–Crippen MR) is 75.6 cm³/mol. The molecule has 0 unspecified atom stereocenters. The van der Waals surface area contributed by atoms with E-state index < -0.39 is 23.1 Å². The zero-order valence-corrected chi connectivity index (χ0v) is 11.9. The molecule has 1 aromatic heterocycles. The normalized spacial score (nSPS) is 14.0. The van der Waals surface area contributed by atoms with Crippen molar-refractivity contribution in [1.82, 2.24) is 9.88 Å². The van der Waals surface area contributed by atoms with Crippen LogP contribution in [-0.4, -0.2) is 35.0 Å². The van der Waals surface area contributed by atoms with E-state index in [-0.39, 0.29) is 25.1 Å². The molecule has 1 aliphatic heterocycles. The molecule has 0 bridgehead atoms. The number of carbonyl (C=O) groups is 1. The van der Waals surface area contributed by atoms with Crippen LogP contribution in [0.5, 0.6) is 5.88 Å². The molecule has 0 radical (unpaired) electrons. The van der Waals surface area contributed by atoms with Crippen molar-refractivity contribution in [2.24, 2.45) is 0 Å². The molecular weight excluding hydrogens is 304 g/mol. The van der Waals surface area contributed by atoms with E-state index in [0.29, 0.717) is 5.56 Å². The molecule has 1 aliphatic rings. The average Bonchev–Trinajstić information content (AvgIpc) is 2.50. The van der Waals surface area contributed by atoms with Crippen LogP contribution >= 0.6 is 0 Å². The van der Waals surface area contributed by atoms with Crippen molar-refractivity contribution in [3.05, 3.63) is 59.3 Å². The summed E-state index contributed by atoms with van der Waals surface area (Å²) >= 11 is 0. The van der Waals surface area contributed by atoms with Crippen LogP contribution in [0.15, 0.2) is 36.5 Å². The van der Waals surface area contributed by atoms with Crippen LogP contribution in [0.2, 0.25) is 0 Å². The highest BCUT2D eigenvalue weighted by Crippen LogP contribution is 2.21. The third kappa shape index (κ3) is 2.97. The molecule has 7 heteroatoms. The molecule has 1 fully saturated rings. The maximum absolute atomic E-state index is 13.6. The number of likely N-dealkylation sites (tertiary alicyclic amines) is 1. The van der Waals surface area contributed by atoms with Gasteiger partial charge in [-0.05, 0) is 18.2 Å². The van der Waals surface area contributed by atoms with Gasteiger partial charge in [-0.25, -0.2) is 13.8 Å². The molecule has 5 nitrogen and oxygen atoms in total. The van der Waals surface area contributed by atoms with Crippen molar-refractivity contribution in [3.8, 4) is 11.9 Å². The van der Waals surface area contributed by atoms with Crippen molar-refractivity contribution in [1.29, 1.82) is 5.26 Å². The third-order valence-electron chi connectivity index (χ3n) is 3.46. The zero-order chi connectivity index (χ0) is 16.4. The van der Waals surface area contributed by atoms with Crippen LogP contribution in [0.1, 0.15) is 15.9 Å². The number of benzene rings is 1. The molecule has 23 heavy (non-hydrogen) atoms. The second-order valence-electron chi connectivity index (χ2n) is 5.04. The molecule has 2 aromatic rings. The van der Waals surface area contributed by atoms with Gasteiger partial charge < -0.3 is 9.64 Å². The number of hydrogen-bond acceptors (Lipinski definition) is 4. The molecule has 0 atom stereocenters. The largest absolute Gasteiger partial charge is 0.471 e. The number of nitriles is 1. The number of hydrogen-bond donors (Lipinski definition) is 0. The Labute approximate surface area is 130 Å². The summed E-state index contributed by atoms with van der Waals surface area (Å²) in [6, 6.07) is 8.29. The van der Waals surface area contributed by atoms with Gasteiger partial charge in [-0.2, -0.15) is 5.26 Å². The van der Waals surface area contributed by atoms with Gasteiger partial charge in [-0.1, -0.05) is 6.07 Å². The van der Waals surface area contributed by atoms with E-state index in [4.69, 9.17) is 10.00 Å². The Morgan fingerprint density at radius 2 is 2.00 bits per heavy atom. The van der Waals surface area contributed by atoms with Crippen molar-refractivity contribution in [2.45, 2.75) is 6.10 Å². The number of amides is 1. The number of nitrogens with zero attached hydrogens (tertiary/aromatic N) is 3. The summed E-state index contributed by atoms with van der Waals surface area (Å²) in [6.07, 6.45) is 1.12. The zero-order valence-electron chi connectivity index (χ0n) is 11.9. The van der Waals surface area contributed by atoms with Crippen LogP contribution in [0.25, 0.3) is 0 Å². The van der Waals surface area contributed by atoms with Crippen molar-refractivity contribution >= 4 is 5.91 Å². The van der Waals surface area contributed by atoms with Crippen LogP contribution < -0.4 is 4.74 Å². The number of aromatic nitrogens is 1. The number of pyridine rings is 1. The van der Waals surface area contributed by atoms with Gasteiger partial charge in [-0.3, -0.25) is 4.79 Å². The quantitative estimate of drug-likeness (QED) is 0.870. The van der Waals surface area contributed by atoms with Crippen LogP contribution in [0, 0.1) is 23.0 Å². The SMILES string of the molecule is N#Cc1ccnc(OC2CN(C(=O)c3c(F)cccc3F)C2)c1. The Balaban J connectivity index is 1.63. The minimum absolute atomic E-state index is 0.199. The Morgan fingerprint density at radius 1 is 1.30 bits per heavy atom. The van der Waals surface area contributed by atoms with E-state index >= 15 is 0 Å². The molecule has 0 aliphatic carbocycles. The summed E-state index contributed by atoms with van der Waals surface area (Å²) in [5.74, 6) is -2.21. The highest BCUT2D eigenvalue weighted by Gasteiger charge is 2.35. The first-order chi connectivity index (χ1) is 11.1. The van der Waals surface area contributed by atoms with E-state index in [1.807, 2.05) is 6.07 Å². The standard InChI is InChI=1S/C16H11F2N3O2/c17-12-2-1-3-13(18)15(12)16(22)21-8-11(9-21)23-14-6-10(7-19)4-5-20-14/h1-6,11H,8-9H2. The first kappa shape index (κ1) is 14.9. The van der Waals surface area contributed by atoms with Gasteiger partial charge in [-0.15, -0.1) is 0 Å². The van der Waals surface area contributed by atoms with Gasteiger partial charge in [0, 0.05) is 12.3 Å². The Kier molecular flexibility index (Phi) is 3.89. The lowest BCUT2D eigenvalue weighted by Crippen LogP contribution is -2.56. The third-order valence-corrected chi connectivity index (χ3v) is 3.46. The first-order valence-electron chi connectivity index (χ1n) is 6.84. The van der Waals surface area contributed by atoms with Gasteiger partial charge >= 0.3 is 0 Å². The molecule has 1 saturated heterocycles. The van der Waals surface area contributed by atoms with E-state index in [0.717, 1.165) is 12.1 Å². The van der Waals surface area contributed by atoms with Gasteiger partial charge in [0.15, 0.2) is 0 Å². The molecule has 0 saturated carbocycles. The molecule has 0 N–H and O–H groups in total. The topological polar surface area (TPSA) is 66.2 Å². The highest BCUT2D eigenvalue weighted by atomic mass is 19.1. The highest BCUT2D eigenvalue weighted by molar-refractivity contribution is 5.95. The second-order valence-corrected chi connectivity index (χ2v) is 5.04. The molecule has 3 rings (SSSR count). The maximum Gasteiger partial charge on any atom is 0.260 e. The summed E-state index contributed by atoms with van der Waals surface area (Å²) in [6.45, 7) is 0.399. The lowest BCUT2D eigenvalue weighted by atomic mass is 10.1. The maximum atomic E-state index is 13.6. The fraction of sp³-hybridized carbons (Fsp3) is 0.188. The summed E-state index contributed by atoms with van der Waals surface area (Å²) in [5, 5.41) is 8.80. The van der Waals surface area contributed by atoms with Crippen LogP contribution in [0.4, 0.5) is 8.78 Å². The molecular formula is C16H11F2N3O2. The van der Waals surface area contributed by atoms with Gasteiger partial charge in [0.25, 0.3) is 5.91 Å². The average molecular weight is 315 g/mol. The number of carbonyl (C=O) groups excluding carboxylic acids is 1.